The standard InChI is InChI=1S/C18H23N5O4S/c1-11-9-14(20-12(2)24)3-4-17(11)28(26,27)23-7-5-13(6-8-23)15-10-16(18(19)25)22-21-15/h3-4,9-10,13H,5-8H2,1-2H3,(H2,19,25)(H,20,24)(H,21,22). The van der Waals surface area contributed by atoms with Gasteiger partial charge in [0.25, 0.3) is 5.91 Å². The molecular formula is C18H23N5O4S. The molecule has 1 aromatic heterocycles. The van der Waals surface area contributed by atoms with Crippen molar-refractivity contribution in [3.63, 3.8) is 0 Å². The van der Waals surface area contributed by atoms with E-state index in [9.17, 15) is 18.0 Å². The van der Waals surface area contributed by atoms with Crippen LogP contribution in [0.1, 0.15) is 47.4 Å². The van der Waals surface area contributed by atoms with Crippen LogP contribution < -0.4 is 11.1 Å². The number of hydrogen-bond donors (Lipinski definition) is 3. The van der Waals surface area contributed by atoms with Crippen molar-refractivity contribution in [1.29, 1.82) is 0 Å². The number of H-pyrrole nitrogens is 1. The molecule has 9 nitrogen and oxygen atoms in total. The SMILES string of the molecule is CC(=O)Nc1ccc(S(=O)(=O)N2CCC(c3cc(C(N)=O)n[nH]3)CC2)c(C)c1. The number of rotatable bonds is 5. The number of aromatic nitrogens is 2. The Morgan fingerprint density at radius 3 is 2.46 bits per heavy atom. The molecule has 0 saturated carbocycles. The summed E-state index contributed by atoms with van der Waals surface area (Å²) in [5.41, 5.74) is 7.33. The molecule has 2 aromatic rings. The lowest BCUT2D eigenvalue weighted by Crippen LogP contribution is -2.38. The van der Waals surface area contributed by atoms with Crippen LogP contribution in [-0.4, -0.2) is 47.8 Å². The van der Waals surface area contributed by atoms with Crippen LogP contribution in [0.15, 0.2) is 29.2 Å². The first-order chi connectivity index (χ1) is 13.2. The molecule has 10 heteroatoms. The Morgan fingerprint density at radius 1 is 1.25 bits per heavy atom. The molecule has 0 spiro atoms. The number of nitrogens with zero attached hydrogens (tertiary/aromatic N) is 2. The number of sulfonamides is 1. The summed E-state index contributed by atoms with van der Waals surface area (Å²) in [5, 5.41) is 9.35. The first-order valence-corrected chi connectivity index (χ1v) is 10.4. The van der Waals surface area contributed by atoms with Crippen molar-refractivity contribution in [2.75, 3.05) is 18.4 Å². The molecule has 3 rings (SSSR count). The summed E-state index contributed by atoms with van der Waals surface area (Å²) in [6, 6.07) is 6.39. The van der Waals surface area contributed by atoms with Crippen molar-refractivity contribution in [3.8, 4) is 0 Å². The van der Waals surface area contributed by atoms with Crippen molar-refractivity contribution in [2.45, 2.75) is 37.5 Å². The minimum absolute atomic E-state index is 0.0929. The van der Waals surface area contributed by atoms with Crippen LogP contribution in [0.5, 0.6) is 0 Å². The zero-order valence-corrected chi connectivity index (χ0v) is 16.5. The fourth-order valence-corrected chi connectivity index (χ4v) is 5.11. The second-order valence-electron chi connectivity index (χ2n) is 6.91. The quantitative estimate of drug-likeness (QED) is 0.689. The monoisotopic (exact) mass is 405 g/mol. The highest BCUT2D eigenvalue weighted by molar-refractivity contribution is 7.89. The molecule has 4 N–H and O–H groups in total. The van der Waals surface area contributed by atoms with Gasteiger partial charge in [-0.2, -0.15) is 9.40 Å². The van der Waals surface area contributed by atoms with E-state index in [0.717, 1.165) is 5.69 Å². The van der Waals surface area contributed by atoms with Gasteiger partial charge in [-0.05, 0) is 49.6 Å². The summed E-state index contributed by atoms with van der Waals surface area (Å²) >= 11 is 0. The van der Waals surface area contributed by atoms with E-state index in [2.05, 4.69) is 15.5 Å². The van der Waals surface area contributed by atoms with E-state index in [1.807, 2.05) is 0 Å². The number of aryl methyl sites for hydroxylation is 1. The normalized spacial score (nSPS) is 16.1. The molecule has 1 aromatic carbocycles. The zero-order valence-electron chi connectivity index (χ0n) is 15.7. The fraction of sp³-hybridized carbons (Fsp3) is 0.389. The molecule has 1 fully saturated rings. The number of hydrogen-bond acceptors (Lipinski definition) is 5. The van der Waals surface area contributed by atoms with Crippen LogP contribution in [0, 0.1) is 6.92 Å². The molecule has 0 bridgehead atoms. The number of nitrogens with one attached hydrogen (secondary N) is 2. The maximum atomic E-state index is 13.0. The van der Waals surface area contributed by atoms with Gasteiger partial charge in [0.05, 0.1) is 4.90 Å². The summed E-state index contributed by atoms with van der Waals surface area (Å²) in [6.07, 6.45) is 1.23. The highest BCUT2D eigenvalue weighted by Crippen LogP contribution is 2.31. The van der Waals surface area contributed by atoms with Crippen molar-refractivity contribution in [1.82, 2.24) is 14.5 Å². The number of aromatic amines is 1. The highest BCUT2D eigenvalue weighted by atomic mass is 32.2. The third-order valence-electron chi connectivity index (χ3n) is 4.86. The van der Waals surface area contributed by atoms with E-state index >= 15 is 0 Å². The van der Waals surface area contributed by atoms with Gasteiger partial charge >= 0.3 is 0 Å². The molecule has 0 radical (unpaired) electrons. The van der Waals surface area contributed by atoms with Gasteiger partial charge in [-0.25, -0.2) is 8.42 Å². The average molecular weight is 405 g/mol. The van der Waals surface area contributed by atoms with Gasteiger partial charge in [-0.15, -0.1) is 0 Å². The largest absolute Gasteiger partial charge is 0.364 e. The number of nitrogens with two attached hydrogens (primary N) is 1. The number of carbonyl (C=O) groups is 2. The summed E-state index contributed by atoms with van der Waals surface area (Å²) in [7, 11) is -3.63. The summed E-state index contributed by atoms with van der Waals surface area (Å²) in [5.74, 6) is -0.716. The highest BCUT2D eigenvalue weighted by Gasteiger charge is 2.31. The molecule has 2 amide bonds. The van der Waals surface area contributed by atoms with Crippen LogP contribution >= 0.6 is 0 Å². The lowest BCUT2D eigenvalue weighted by Gasteiger charge is -2.31. The Kier molecular flexibility index (Phi) is 5.52. The number of benzene rings is 1. The van der Waals surface area contributed by atoms with Crippen LogP contribution in [-0.2, 0) is 14.8 Å². The second-order valence-corrected chi connectivity index (χ2v) is 8.82. The van der Waals surface area contributed by atoms with Gasteiger partial charge in [0.15, 0.2) is 0 Å². The molecule has 0 atom stereocenters. The number of anilines is 1. The molecule has 150 valence electrons. The van der Waals surface area contributed by atoms with E-state index < -0.39 is 15.9 Å². The summed E-state index contributed by atoms with van der Waals surface area (Å²) in [6.45, 7) is 3.84. The maximum Gasteiger partial charge on any atom is 0.269 e. The first-order valence-electron chi connectivity index (χ1n) is 8.92. The Labute approximate surface area is 163 Å². The van der Waals surface area contributed by atoms with Gasteiger partial charge in [-0.1, -0.05) is 0 Å². The van der Waals surface area contributed by atoms with Gasteiger partial charge in [0.2, 0.25) is 15.9 Å². The van der Waals surface area contributed by atoms with E-state index in [1.165, 1.54) is 17.3 Å². The van der Waals surface area contributed by atoms with Gasteiger partial charge < -0.3 is 11.1 Å². The third kappa shape index (κ3) is 4.07. The van der Waals surface area contributed by atoms with Crippen molar-refractivity contribution < 1.29 is 18.0 Å². The molecule has 1 aliphatic rings. The Hall–Kier alpha value is -2.72. The molecule has 1 saturated heterocycles. The molecule has 28 heavy (non-hydrogen) atoms. The predicted molar refractivity (Wildman–Crippen MR) is 103 cm³/mol. The van der Waals surface area contributed by atoms with Crippen molar-refractivity contribution in [2.24, 2.45) is 5.73 Å². The van der Waals surface area contributed by atoms with Crippen LogP contribution in [0.3, 0.4) is 0 Å². The number of amides is 2. The molecule has 1 aliphatic heterocycles. The van der Waals surface area contributed by atoms with Gasteiger partial charge in [0, 0.05) is 37.3 Å². The van der Waals surface area contributed by atoms with Gasteiger partial charge in [-0.3, -0.25) is 14.7 Å². The predicted octanol–water partition coefficient (Wildman–Crippen LogP) is 1.34. The van der Waals surface area contributed by atoms with Crippen LogP contribution in [0.4, 0.5) is 5.69 Å². The summed E-state index contributed by atoms with van der Waals surface area (Å²) in [4.78, 5) is 22.6. The minimum atomic E-state index is -3.63. The van der Waals surface area contributed by atoms with Gasteiger partial charge in [0.1, 0.15) is 5.69 Å². The number of piperidine rings is 1. The summed E-state index contributed by atoms with van der Waals surface area (Å²) < 4.78 is 27.5. The van der Waals surface area contributed by atoms with E-state index in [1.54, 1.807) is 25.1 Å². The van der Waals surface area contributed by atoms with E-state index in [-0.39, 0.29) is 22.4 Å². The molecule has 0 aliphatic carbocycles. The molecule has 0 unspecified atom stereocenters. The maximum absolute atomic E-state index is 13.0. The number of carbonyl (C=O) groups excluding carboxylic acids is 2. The minimum Gasteiger partial charge on any atom is -0.364 e. The zero-order chi connectivity index (χ0) is 20.5. The topological polar surface area (TPSA) is 138 Å². The molecular weight excluding hydrogens is 382 g/mol. The van der Waals surface area contributed by atoms with Crippen molar-refractivity contribution >= 4 is 27.5 Å². The second kappa shape index (κ2) is 7.72. The third-order valence-corrected chi connectivity index (χ3v) is 6.92. The lowest BCUT2D eigenvalue weighted by molar-refractivity contribution is -0.114. The number of primary amides is 1. The molecule has 2 heterocycles. The Bertz CT molecular complexity index is 1010. The Balaban J connectivity index is 1.72. The fourth-order valence-electron chi connectivity index (χ4n) is 3.44. The van der Waals surface area contributed by atoms with Crippen molar-refractivity contribution in [3.05, 3.63) is 41.2 Å². The first kappa shape index (κ1) is 20.0. The average Bonchev–Trinajstić information content (AvgIpc) is 3.11. The van der Waals surface area contributed by atoms with E-state index in [0.29, 0.717) is 37.2 Å². The Morgan fingerprint density at radius 2 is 1.93 bits per heavy atom. The van der Waals surface area contributed by atoms with Crippen LogP contribution in [0.25, 0.3) is 0 Å². The smallest absolute Gasteiger partial charge is 0.269 e. The lowest BCUT2D eigenvalue weighted by atomic mass is 9.94. The van der Waals surface area contributed by atoms with Crippen LogP contribution in [0.2, 0.25) is 0 Å². The van der Waals surface area contributed by atoms with E-state index in [4.69, 9.17) is 5.73 Å².